The summed E-state index contributed by atoms with van der Waals surface area (Å²) < 4.78 is 43.7. The maximum Gasteiger partial charge on any atom is 0.422 e. The fraction of sp³-hybridized carbons (Fsp3) is 0.250. The molecule has 0 bridgehead atoms. The van der Waals surface area contributed by atoms with E-state index < -0.39 is 35.7 Å². The fourth-order valence-electron chi connectivity index (χ4n) is 0.776. The van der Waals surface area contributed by atoms with Crippen LogP contribution >= 0.6 is 0 Å². The number of alkyl halides is 3. The van der Waals surface area contributed by atoms with E-state index in [0.29, 0.717) is 12.3 Å². The van der Waals surface area contributed by atoms with Gasteiger partial charge in [-0.15, -0.1) is 0 Å². The molecule has 0 saturated carbocycles. The van der Waals surface area contributed by atoms with Crippen LogP contribution in [0.5, 0.6) is 5.75 Å². The maximum absolute atomic E-state index is 11.7. The van der Waals surface area contributed by atoms with Gasteiger partial charge in [-0.05, 0) is 0 Å². The third kappa shape index (κ3) is 3.30. The summed E-state index contributed by atoms with van der Waals surface area (Å²) in [4.78, 5) is 21.4. The Bertz CT molecular complexity index is 448. The Kier molecular flexibility index (Phi) is 3.21. The van der Waals surface area contributed by atoms with Gasteiger partial charge in [0.25, 0.3) is 0 Å². The molecule has 0 aliphatic carbocycles. The molecule has 0 saturated heterocycles. The summed E-state index contributed by atoms with van der Waals surface area (Å²) in [5.74, 6) is -2.87. The summed E-state index contributed by atoms with van der Waals surface area (Å²) in [6.07, 6.45) is -4.06. The number of ether oxygens (including phenoxy) is 1. The van der Waals surface area contributed by atoms with Crippen LogP contribution in [0.3, 0.4) is 0 Å². The van der Waals surface area contributed by atoms with E-state index in [2.05, 4.69) is 9.15 Å². The topological polar surface area (TPSA) is 76.7 Å². The second-order valence-corrected chi connectivity index (χ2v) is 2.68. The Morgan fingerprint density at radius 2 is 2.12 bits per heavy atom. The average molecular weight is 238 g/mol. The number of hydrogen-bond donors (Lipinski definition) is 1. The van der Waals surface area contributed by atoms with Crippen molar-refractivity contribution in [1.29, 1.82) is 0 Å². The molecule has 1 aromatic rings. The molecule has 0 aliphatic heterocycles. The van der Waals surface area contributed by atoms with Gasteiger partial charge in [0.2, 0.25) is 16.9 Å². The molecule has 0 unspecified atom stereocenters. The van der Waals surface area contributed by atoms with E-state index >= 15 is 0 Å². The second-order valence-electron chi connectivity index (χ2n) is 2.68. The molecular formula is C8H5F3O5. The lowest BCUT2D eigenvalue weighted by Crippen LogP contribution is -2.22. The monoisotopic (exact) mass is 238 g/mol. The van der Waals surface area contributed by atoms with Gasteiger partial charge in [-0.2, -0.15) is 13.2 Å². The van der Waals surface area contributed by atoms with E-state index in [-0.39, 0.29) is 0 Å². The zero-order valence-electron chi connectivity index (χ0n) is 7.58. The minimum atomic E-state index is -4.59. The Balaban J connectivity index is 2.84. The predicted octanol–water partition coefficient (Wildman–Crippen LogP) is 1.28. The van der Waals surface area contributed by atoms with E-state index in [1.165, 1.54) is 0 Å². The molecule has 1 heterocycles. The van der Waals surface area contributed by atoms with Crippen molar-refractivity contribution in [3.63, 3.8) is 0 Å². The number of rotatable bonds is 3. The molecular weight excluding hydrogens is 233 g/mol. The molecule has 16 heavy (non-hydrogen) atoms. The molecule has 1 aromatic heterocycles. The first kappa shape index (κ1) is 12.1. The number of carboxylic acid groups (broad SMARTS) is 1. The van der Waals surface area contributed by atoms with Crippen molar-refractivity contribution in [2.45, 2.75) is 6.18 Å². The highest BCUT2D eigenvalue weighted by molar-refractivity contribution is 5.84. The van der Waals surface area contributed by atoms with Crippen LogP contribution in [-0.2, 0) is 0 Å². The van der Waals surface area contributed by atoms with Crippen LogP contribution in [0.25, 0.3) is 0 Å². The third-order valence-electron chi connectivity index (χ3n) is 1.40. The number of carbonyl (C=O) groups is 1. The van der Waals surface area contributed by atoms with Crippen molar-refractivity contribution in [3.8, 4) is 5.75 Å². The highest BCUT2D eigenvalue weighted by Gasteiger charge is 2.29. The van der Waals surface area contributed by atoms with Crippen molar-refractivity contribution in [3.05, 3.63) is 28.3 Å². The van der Waals surface area contributed by atoms with Crippen LogP contribution in [-0.4, -0.2) is 23.9 Å². The van der Waals surface area contributed by atoms with Gasteiger partial charge in [0, 0.05) is 6.07 Å². The predicted molar refractivity (Wildman–Crippen MR) is 43.5 cm³/mol. The molecule has 88 valence electrons. The zero-order chi connectivity index (χ0) is 12.3. The molecule has 1 N–H and O–H groups in total. The summed E-state index contributed by atoms with van der Waals surface area (Å²) in [6.45, 7) is -1.65. The smallest absolute Gasteiger partial charge is 0.422 e. The Hall–Kier alpha value is -1.99. The summed E-state index contributed by atoms with van der Waals surface area (Å²) in [7, 11) is 0. The van der Waals surface area contributed by atoms with Crippen molar-refractivity contribution < 1.29 is 32.2 Å². The minimum Gasteiger partial charge on any atom is -0.477 e. The van der Waals surface area contributed by atoms with Crippen molar-refractivity contribution in [2.75, 3.05) is 6.61 Å². The van der Waals surface area contributed by atoms with Gasteiger partial charge in [0.05, 0.1) is 0 Å². The lowest BCUT2D eigenvalue weighted by molar-refractivity contribution is -0.153. The first-order chi connectivity index (χ1) is 7.29. The summed E-state index contributed by atoms with van der Waals surface area (Å²) >= 11 is 0. The highest BCUT2D eigenvalue weighted by Crippen LogP contribution is 2.16. The average Bonchev–Trinajstić information content (AvgIpc) is 2.14. The fourth-order valence-corrected chi connectivity index (χ4v) is 0.776. The molecule has 0 aliphatic rings. The van der Waals surface area contributed by atoms with Gasteiger partial charge in [-0.25, -0.2) is 4.79 Å². The van der Waals surface area contributed by atoms with E-state index in [1.54, 1.807) is 0 Å². The Labute approximate surface area is 86.1 Å². The minimum absolute atomic E-state index is 0.525. The quantitative estimate of drug-likeness (QED) is 0.858. The Morgan fingerprint density at radius 1 is 1.50 bits per heavy atom. The van der Waals surface area contributed by atoms with Gasteiger partial charge in [-0.3, -0.25) is 4.79 Å². The molecule has 0 fully saturated rings. The van der Waals surface area contributed by atoms with Crippen molar-refractivity contribution in [1.82, 2.24) is 0 Å². The Morgan fingerprint density at radius 3 is 2.56 bits per heavy atom. The molecule has 1 rings (SSSR count). The summed E-state index contributed by atoms with van der Waals surface area (Å²) in [6, 6.07) is 0.536. The van der Waals surface area contributed by atoms with Crippen molar-refractivity contribution in [2.24, 2.45) is 0 Å². The largest absolute Gasteiger partial charge is 0.477 e. The van der Waals surface area contributed by atoms with Crippen LogP contribution in [0, 0.1) is 0 Å². The number of aromatic carboxylic acids is 1. The second kappa shape index (κ2) is 4.25. The summed E-state index contributed by atoms with van der Waals surface area (Å²) in [5, 5.41) is 8.41. The molecule has 0 aromatic carbocycles. The highest BCUT2D eigenvalue weighted by atomic mass is 19.4. The van der Waals surface area contributed by atoms with Crippen LogP contribution < -0.4 is 10.2 Å². The van der Waals surface area contributed by atoms with Crippen LogP contribution in [0.4, 0.5) is 13.2 Å². The third-order valence-corrected chi connectivity index (χ3v) is 1.40. The lowest BCUT2D eigenvalue weighted by atomic mass is 10.4. The number of halogens is 3. The van der Waals surface area contributed by atoms with Gasteiger partial charge in [0.1, 0.15) is 6.26 Å². The molecule has 0 atom stereocenters. The normalized spacial score (nSPS) is 11.2. The number of carboxylic acids is 1. The van der Waals surface area contributed by atoms with Crippen molar-refractivity contribution >= 4 is 5.97 Å². The summed E-state index contributed by atoms with van der Waals surface area (Å²) in [5.41, 5.74) is -0.993. The molecule has 0 amide bonds. The zero-order valence-corrected chi connectivity index (χ0v) is 7.58. The first-order valence-electron chi connectivity index (χ1n) is 3.85. The number of hydrogen-bond acceptors (Lipinski definition) is 4. The van der Waals surface area contributed by atoms with E-state index in [9.17, 15) is 22.8 Å². The molecule has 8 heteroatoms. The van der Waals surface area contributed by atoms with Crippen LogP contribution in [0.1, 0.15) is 10.6 Å². The van der Waals surface area contributed by atoms with E-state index in [4.69, 9.17) is 5.11 Å². The SMILES string of the molecule is O=C(O)c1cc(=O)c(OCC(F)(F)F)co1. The van der Waals surface area contributed by atoms with E-state index in [0.717, 1.165) is 0 Å². The standard InChI is InChI=1S/C8H5F3O5/c9-8(10,11)3-16-6-2-15-5(7(13)14)1-4(6)12/h1-2H,3H2,(H,13,14). The first-order valence-corrected chi connectivity index (χ1v) is 3.85. The van der Waals surface area contributed by atoms with E-state index in [1.807, 2.05) is 0 Å². The lowest BCUT2D eigenvalue weighted by Gasteiger charge is -2.07. The maximum atomic E-state index is 11.7. The molecule has 0 spiro atoms. The van der Waals surface area contributed by atoms with Gasteiger partial charge in [0.15, 0.2) is 6.61 Å². The van der Waals surface area contributed by atoms with Gasteiger partial charge >= 0.3 is 12.1 Å². The van der Waals surface area contributed by atoms with Gasteiger partial charge in [-0.1, -0.05) is 0 Å². The molecule has 5 nitrogen and oxygen atoms in total. The molecule has 0 radical (unpaired) electrons. The van der Waals surface area contributed by atoms with Crippen LogP contribution in [0.15, 0.2) is 21.5 Å². The van der Waals surface area contributed by atoms with Crippen LogP contribution in [0.2, 0.25) is 0 Å². The van der Waals surface area contributed by atoms with Gasteiger partial charge < -0.3 is 14.3 Å².